The normalized spacial score (nSPS) is 15.7. The lowest BCUT2D eigenvalue weighted by Crippen LogP contribution is -2.18. The van der Waals surface area contributed by atoms with E-state index in [2.05, 4.69) is 10.2 Å². The highest BCUT2D eigenvalue weighted by molar-refractivity contribution is 5.76. The summed E-state index contributed by atoms with van der Waals surface area (Å²) in [6.07, 6.45) is 3.22. The molecule has 0 aliphatic heterocycles. The first-order valence-corrected chi connectivity index (χ1v) is 6.92. The molecule has 0 N–H and O–H groups in total. The van der Waals surface area contributed by atoms with Gasteiger partial charge >= 0.3 is 5.97 Å². The Kier molecular flexibility index (Phi) is 3.96. The van der Waals surface area contributed by atoms with Gasteiger partial charge in [-0.2, -0.15) is 0 Å². The highest BCUT2D eigenvalue weighted by atomic mass is 16.6. The lowest BCUT2D eigenvalue weighted by molar-refractivity contribution is -0.157. The van der Waals surface area contributed by atoms with Crippen molar-refractivity contribution >= 4 is 5.97 Å². The molecule has 3 rings (SSSR count). The Hall–Kier alpha value is -2.21. The van der Waals surface area contributed by atoms with Crippen LogP contribution in [-0.4, -0.2) is 27.8 Å². The van der Waals surface area contributed by atoms with Crippen LogP contribution in [0, 0.1) is 0 Å². The summed E-state index contributed by atoms with van der Waals surface area (Å²) in [5.41, 5.74) is 0.772. The van der Waals surface area contributed by atoms with Crippen molar-refractivity contribution in [3.63, 3.8) is 0 Å². The van der Waals surface area contributed by atoms with Gasteiger partial charge in [0.05, 0.1) is 0 Å². The molecule has 1 atom stereocenters. The van der Waals surface area contributed by atoms with Crippen molar-refractivity contribution in [2.24, 2.45) is 0 Å². The van der Waals surface area contributed by atoms with Gasteiger partial charge in [-0.05, 0) is 18.4 Å². The van der Waals surface area contributed by atoms with Crippen molar-refractivity contribution in [3.8, 4) is 0 Å². The number of hydrogen-bond donors (Lipinski definition) is 0. The molecular formula is C15H17N3O3. The number of carbonyl (C=O) groups is 1. The van der Waals surface area contributed by atoms with Gasteiger partial charge < -0.3 is 14.0 Å². The van der Waals surface area contributed by atoms with E-state index in [1.54, 1.807) is 6.33 Å². The molecule has 6 nitrogen and oxygen atoms in total. The second kappa shape index (κ2) is 6.05. The lowest BCUT2D eigenvalue weighted by Gasteiger charge is -2.14. The molecule has 0 amide bonds. The molecule has 1 aromatic heterocycles. The Labute approximate surface area is 122 Å². The summed E-state index contributed by atoms with van der Waals surface area (Å²) < 4.78 is 12.5. The quantitative estimate of drug-likeness (QED) is 0.761. The maximum Gasteiger partial charge on any atom is 0.340 e. The summed E-state index contributed by atoms with van der Waals surface area (Å²) in [5, 5.41) is 7.88. The van der Waals surface area contributed by atoms with Gasteiger partial charge in [-0.3, -0.25) is 0 Å². The number of carbonyl (C=O) groups excluding carboxylic acids is 1. The molecule has 0 spiro atoms. The van der Waals surface area contributed by atoms with Gasteiger partial charge in [0.25, 0.3) is 0 Å². The van der Waals surface area contributed by atoms with Crippen molar-refractivity contribution < 1.29 is 14.3 Å². The molecule has 1 aromatic carbocycles. The number of rotatable bonds is 6. The second-order valence-electron chi connectivity index (χ2n) is 5.02. The van der Waals surface area contributed by atoms with E-state index in [4.69, 9.17) is 9.47 Å². The molecular weight excluding hydrogens is 270 g/mol. The smallest absolute Gasteiger partial charge is 0.340 e. The van der Waals surface area contributed by atoms with Gasteiger partial charge in [-0.1, -0.05) is 30.3 Å². The third kappa shape index (κ3) is 3.11. The summed E-state index contributed by atoms with van der Waals surface area (Å²) >= 11 is 0. The zero-order valence-corrected chi connectivity index (χ0v) is 11.8. The summed E-state index contributed by atoms with van der Waals surface area (Å²) in [4.78, 5) is 12.2. The van der Waals surface area contributed by atoms with E-state index in [0.717, 1.165) is 18.4 Å². The molecule has 1 aliphatic carbocycles. The second-order valence-corrected chi connectivity index (χ2v) is 5.02. The largest absolute Gasteiger partial charge is 0.455 e. The Morgan fingerprint density at radius 3 is 2.81 bits per heavy atom. The molecule has 1 saturated carbocycles. The van der Waals surface area contributed by atoms with Crippen LogP contribution in [0.15, 0.2) is 36.7 Å². The molecule has 0 bridgehead atoms. The molecule has 6 heteroatoms. The third-order valence-corrected chi connectivity index (χ3v) is 3.48. The van der Waals surface area contributed by atoms with Crippen molar-refractivity contribution in [3.05, 3.63) is 48.0 Å². The SMILES string of the molecule is COC(C(=O)OCc1nncn1C1CC1)c1ccccc1. The number of methoxy groups -OCH3 is 1. The molecule has 1 unspecified atom stereocenters. The Morgan fingerprint density at radius 2 is 2.14 bits per heavy atom. The number of benzene rings is 1. The van der Waals surface area contributed by atoms with Crippen molar-refractivity contribution in [1.82, 2.24) is 14.8 Å². The van der Waals surface area contributed by atoms with E-state index in [0.29, 0.717) is 11.9 Å². The van der Waals surface area contributed by atoms with Crippen molar-refractivity contribution in [2.75, 3.05) is 7.11 Å². The van der Waals surface area contributed by atoms with Crippen LogP contribution in [0.1, 0.15) is 36.4 Å². The Balaban J connectivity index is 1.64. The van der Waals surface area contributed by atoms with E-state index in [-0.39, 0.29) is 6.61 Å². The zero-order chi connectivity index (χ0) is 14.7. The number of hydrogen-bond acceptors (Lipinski definition) is 5. The average Bonchev–Trinajstić information content (AvgIpc) is 3.25. The molecule has 1 fully saturated rings. The maximum atomic E-state index is 12.2. The molecule has 21 heavy (non-hydrogen) atoms. The van der Waals surface area contributed by atoms with Gasteiger partial charge in [0.15, 0.2) is 18.5 Å². The van der Waals surface area contributed by atoms with Crippen molar-refractivity contribution in [1.29, 1.82) is 0 Å². The van der Waals surface area contributed by atoms with Crippen LogP contribution in [-0.2, 0) is 20.9 Å². The van der Waals surface area contributed by atoms with Gasteiger partial charge in [0, 0.05) is 13.2 Å². The summed E-state index contributed by atoms with van der Waals surface area (Å²) in [6, 6.07) is 9.74. The molecule has 2 aromatic rings. The van der Waals surface area contributed by atoms with E-state index >= 15 is 0 Å². The minimum absolute atomic E-state index is 0.113. The topological polar surface area (TPSA) is 66.2 Å². The molecule has 0 radical (unpaired) electrons. The fourth-order valence-corrected chi connectivity index (χ4v) is 2.24. The highest BCUT2D eigenvalue weighted by Gasteiger charge is 2.27. The Bertz CT molecular complexity index is 608. The lowest BCUT2D eigenvalue weighted by atomic mass is 10.1. The average molecular weight is 287 g/mol. The zero-order valence-electron chi connectivity index (χ0n) is 11.8. The third-order valence-electron chi connectivity index (χ3n) is 3.48. The maximum absolute atomic E-state index is 12.2. The minimum atomic E-state index is -0.719. The first kappa shape index (κ1) is 13.8. The van der Waals surface area contributed by atoms with E-state index < -0.39 is 12.1 Å². The number of aromatic nitrogens is 3. The van der Waals surface area contributed by atoms with Crippen LogP contribution in [0.5, 0.6) is 0 Å². The fraction of sp³-hybridized carbons (Fsp3) is 0.400. The fourth-order valence-electron chi connectivity index (χ4n) is 2.24. The molecule has 1 heterocycles. The summed E-state index contributed by atoms with van der Waals surface area (Å²) in [6.45, 7) is 0.113. The van der Waals surface area contributed by atoms with Crippen LogP contribution < -0.4 is 0 Å². The minimum Gasteiger partial charge on any atom is -0.455 e. The van der Waals surface area contributed by atoms with Crippen LogP contribution >= 0.6 is 0 Å². The number of nitrogens with zero attached hydrogens (tertiary/aromatic N) is 3. The monoisotopic (exact) mass is 287 g/mol. The van der Waals surface area contributed by atoms with E-state index in [9.17, 15) is 4.79 Å². The van der Waals surface area contributed by atoms with Crippen LogP contribution in [0.4, 0.5) is 0 Å². The predicted octanol–water partition coefficient (Wildman–Crippen LogP) is 2.04. The van der Waals surface area contributed by atoms with E-state index in [1.165, 1.54) is 7.11 Å². The first-order valence-electron chi connectivity index (χ1n) is 6.92. The van der Waals surface area contributed by atoms with Crippen LogP contribution in [0.2, 0.25) is 0 Å². The molecule has 1 aliphatic rings. The van der Waals surface area contributed by atoms with Crippen LogP contribution in [0.25, 0.3) is 0 Å². The van der Waals surface area contributed by atoms with Gasteiger partial charge in [0.1, 0.15) is 6.33 Å². The standard InChI is InChI=1S/C15H17N3O3/c1-20-14(11-5-3-2-4-6-11)15(19)21-9-13-17-16-10-18(13)12-7-8-12/h2-6,10,12,14H,7-9H2,1H3. The van der Waals surface area contributed by atoms with E-state index in [1.807, 2.05) is 34.9 Å². The van der Waals surface area contributed by atoms with Gasteiger partial charge in [-0.25, -0.2) is 4.79 Å². The van der Waals surface area contributed by atoms with Gasteiger partial charge in [0.2, 0.25) is 0 Å². The van der Waals surface area contributed by atoms with Crippen LogP contribution in [0.3, 0.4) is 0 Å². The molecule has 110 valence electrons. The molecule has 0 saturated heterocycles. The van der Waals surface area contributed by atoms with Gasteiger partial charge in [-0.15, -0.1) is 10.2 Å². The number of esters is 1. The summed E-state index contributed by atoms with van der Waals surface area (Å²) in [5.74, 6) is 0.253. The summed E-state index contributed by atoms with van der Waals surface area (Å²) in [7, 11) is 1.49. The highest BCUT2D eigenvalue weighted by Crippen LogP contribution is 2.35. The first-order chi connectivity index (χ1) is 10.3. The van der Waals surface area contributed by atoms with Crippen molar-refractivity contribution in [2.45, 2.75) is 31.6 Å². The Morgan fingerprint density at radius 1 is 1.38 bits per heavy atom. The number of ether oxygens (including phenoxy) is 2. The predicted molar refractivity (Wildman–Crippen MR) is 74.3 cm³/mol.